The SMILES string of the molecule is O=C(c1ccc2n[nH]nc2c1)N1C[C@@H]2C3CN(C(=O)c4cc5cc(OC(F)(F)F)ccc5[nH]4)CC3[C@@H]2C1.[HH].[HH]. The second kappa shape index (κ2) is 7.70. The molecule has 3 fully saturated rings. The van der Waals surface area contributed by atoms with Gasteiger partial charge in [0.15, 0.2) is 0 Å². The van der Waals surface area contributed by atoms with Gasteiger partial charge in [-0.1, -0.05) is 0 Å². The summed E-state index contributed by atoms with van der Waals surface area (Å²) in [5, 5.41) is 11.1. The summed E-state index contributed by atoms with van der Waals surface area (Å²) in [4.78, 5) is 33.1. The molecule has 3 aliphatic rings. The van der Waals surface area contributed by atoms with Gasteiger partial charge >= 0.3 is 6.36 Å². The maximum Gasteiger partial charge on any atom is 0.573 e. The van der Waals surface area contributed by atoms with Gasteiger partial charge in [0.1, 0.15) is 22.5 Å². The molecule has 2 aromatic carbocycles. The first-order valence-electron chi connectivity index (χ1n) is 12.0. The van der Waals surface area contributed by atoms with E-state index in [9.17, 15) is 22.8 Å². The lowest BCUT2D eigenvalue weighted by Crippen LogP contribution is -2.44. The van der Waals surface area contributed by atoms with Crippen LogP contribution >= 0.6 is 0 Å². The Morgan fingerprint density at radius 2 is 1.51 bits per heavy atom. The van der Waals surface area contributed by atoms with Crippen LogP contribution < -0.4 is 4.74 Å². The molecule has 2 unspecified atom stereocenters. The number of H-pyrrole nitrogens is 2. The molecular weight excluding hydrogens is 489 g/mol. The number of carbonyl (C=O) groups is 2. The highest BCUT2D eigenvalue weighted by Crippen LogP contribution is 2.54. The number of carbonyl (C=O) groups excluding carboxylic acids is 2. The summed E-state index contributed by atoms with van der Waals surface area (Å²) in [6.45, 7) is 2.54. The number of ether oxygens (including phenoxy) is 1. The van der Waals surface area contributed by atoms with Crippen LogP contribution in [0.3, 0.4) is 0 Å². The monoisotopic (exact) mass is 514 g/mol. The summed E-state index contributed by atoms with van der Waals surface area (Å²) in [7, 11) is 0. The Balaban J connectivity index is 0.00000154. The van der Waals surface area contributed by atoms with Gasteiger partial charge < -0.3 is 19.5 Å². The number of halogens is 3. The minimum Gasteiger partial charge on any atom is -0.406 e. The molecule has 0 radical (unpaired) electrons. The fourth-order valence-electron chi connectivity index (χ4n) is 6.46. The maximum absolute atomic E-state index is 13.2. The largest absolute Gasteiger partial charge is 0.573 e. The number of nitrogens with one attached hydrogen (secondary N) is 2. The lowest BCUT2D eigenvalue weighted by Gasteiger charge is -2.42. The Labute approximate surface area is 210 Å². The fraction of sp³-hybridized carbons (Fsp3) is 0.360. The van der Waals surface area contributed by atoms with Crippen LogP contribution in [-0.4, -0.2) is 74.6 Å². The summed E-state index contributed by atoms with van der Waals surface area (Å²) < 4.78 is 41.6. The quantitative estimate of drug-likeness (QED) is 0.431. The molecule has 37 heavy (non-hydrogen) atoms. The second-order valence-electron chi connectivity index (χ2n) is 10.1. The minimum absolute atomic E-state index is 0. The van der Waals surface area contributed by atoms with Crippen LogP contribution in [0.25, 0.3) is 21.9 Å². The van der Waals surface area contributed by atoms with Crippen molar-refractivity contribution in [3.8, 4) is 5.75 Å². The molecule has 9 nitrogen and oxygen atoms in total. The molecule has 0 spiro atoms. The molecular formula is C25H25F3N6O3. The van der Waals surface area contributed by atoms with Gasteiger partial charge in [0.05, 0.1) is 0 Å². The molecule has 2 N–H and O–H groups in total. The highest BCUT2D eigenvalue weighted by Gasteiger charge is 2.59. The van der Waals surface area contributed by atoms with Crippen molar-refractivity contribution in [1.82, 2.24) is 30.2 Å². The van der Waals surface area contributed by atoms with E-state index in [-0.39, 0.29) is 20.4 Å². The van der Waals surface area contributed by atoms with E-state index in [2.05, 4.69) is 25.1 Å². The highest BCUT2D eigenvalue weighted by atomic mass is 19.4. The third-order valence-electron chi connectivity index (χ3n) is 8.12. The third-order valence-corrected chi connectivity index (χ3v) is 8.12. The van der Waals surface area contributed by atoms with E-state index < -0.39 is 6.36 Å². The number of hydrogen-bond donors (Lipinski definition) is 2. The Bertz CT molecular complexity index is 1550. The third kappa shape index (κ3) is 3.61. The van der Waals surface area contributed by atoms with Crippen LogP contribution in [0.1, 0.15) is 23.7 Å². The second-order valence-corrected chi connectivity index (χ2v) is 10.1. The fourth-order valence-corrected chi connectivity index (χ4v) is 6.46. The summed E-state index contributed by atoms with van der Waals surface area (Å²) >= 11 is 0. The Kier molecular flexibility index (Phi) is 4.61. The maximum atomic E-state index is 13.2. The van der Waals surface area contributed by atoms with Crippen LogP contribution in [0.15, 0.2) is 42.5 Å². The van der Waals surface area contributed by atoms with E-state index >= 15 is 0 Å². The molecule has 7 rings (SSSR count). The average Bonchev–Trinajstić information content (AvgIpc) is 3.63. The molecule has 4 atom stereocenters. The molecule has 2 saturated heterocycles. The zero-order chi connectivity index (χ0) is 25.5. The van der Waals surface area contributed by atoms with E-state index in [1.54, 1.807) is 24.3 Å². The molecule has 12 heteroatoms. The van der Waals surface area contributed by atoms with Crippen LogP contribution in [0.2, 0.25) is 0 Å². The highest BCUT2D eigenvalue weighted by molar-refractivity contribution is 5.99. The number of likely N-dealkylation sites (tertiary alicyclic amines) is 2. The topological polar surface area (TPSA) is 107 Å². The first-order chi connectivity index (χ1) is 17.7. The number of rotatable bonds is 3. The number of alkyl halides is 3. The number of nitrogens with zero attached hydrogens (tertiary/aromatic N) is 4. The average molecular weight is 515 g/mol. The number of aromatic amines is 2. The summed E-state index contributed by atoms with van der Waals surface area (Å²) in [6, 6.07) is 10.8. The summed E-state index contributed by atoms with van der Waals surface area (Å²) in [5.41, 5.74) is 2.86. The zero-order valence-electron chi connectivity index (χ0n) is 19.3. The van der Waals surface area contributed by atoms with Gasteiger partial charge in [0.25, 0.3) is 11.8 Å². The Morgan fingerprint density at radius 3 is 2.19 bits per heavy atom. The number of amides is 2. The van der Waals surface area contributed by atoms with Crippen molar-refractivity contribution in [2.45, 2.75) is 6.36 Å². The standard InChI is InChI=1S/C25H21F3N6O3.2H2/c26-25(27,28)37-14-2-4-19-13(5-14)7-22(29-19)24(36)34-10-17-15-8-33(9-16(15)18(17)11-34)23(35)12-1-3-20-21(6-12)31-32-30-20;;/h1-7,15-18,29H,8-11H2,(H,30,31,32);2*1H/t15-,16+,17?,18?;;. The van der Waals surface area contributed by atoms with Crippen molar-refractivity contribution < 1.29 is 30.4 Å². The smallest absolute Gasteiger partial charge is 0.406 e. The first kappa shape index (κ1) is 22.1. The predicted molar refractivity (Wildman–Crippen MR) is 129 cm³/mol. The van der Waals surface area contributed by atoms with Gasteiger partial charge in [-0.15, -0.1) is 13.2 Å². The summed E-state index contributed by atoms with van der Waals surface area (Å²) in [5.74, 6) is 0.861. The molecule has 4 heterocycles. The van der Waals surface area contributed by atoms with Crippen LogP contribution in [0.5, 0.6) is 5.75 Å². The number of benzene rings is 2. The number of fused-ring (bicyclic) bond motifs is 6. The van der Waals surface area contributed by atoms with Crippen molar-refractivity contribution >= 4 is 33.8 Å². The van der Waals surface area contributed by atoms with Gasteiger partial charge in [-0.3, -0.25) is 9.59 Å². The van der Waals surface area contributed by atoms with E-state index in [4.69, 9.17) is 0 Å². The molecule has 4 aromatic rings. The molecule has 2 aromatic heterocycles. The Morgan fingerprint density at radius 1 is 0.865 bits per heavy atom. The first-order valence-corrected chi connectivity index (χ1v) is 12.0. The molecule has 2 aliphatic heterocycles. The van der Waals surface area contributed by atoms with Crippen molar-refractivity contribution in [1.29, 1.82) is 0 Å². The van der Waals surface area contributed by atoms with Crippen molar-refractivity contribution in [2.24, 2.45) is 23.7 Å². The molecule has 1 aliphatic carbocycles. The lowest BCUT2D eigenvalue weighted by atomic mass is 9.60. The minimum atomic E-state index is -4.78. The normalized spacial score (nSPS) is 24.8. The predicted octanol–water partition coefficient (Wildman–Crippen LogP) is 3.92. The lowest BCUT2D eigenvalue weighted by molar-refractivity contribution is -0.274. The van der Waals surface area contributed by atoms with Crippen molar-refractivity contribution in [3.05, 3.63) is 53.7 Å². The van der Waals surface area contributed by atoms with E-state index in [0.29, 0.717) is 83.0 Å². The van der Waals surface area contributed by atoms with Crippen LogP contribution in [0.4, 0.5) is 13.2 Å². The summed E-state index contributed by atoms with van der Waals surface area (Å²) in [6.07, 6.45) is -4.78. The molecule has 2 amide bonds. The van der Waals surface area contributed by atoms with Gasteiger partial charge in [-0.2, -0.15) is 15.4 Å². The van der Waals surface area contributed by atoms with Crippen LogP contribution in [0, 0.1) is 23.7 Å². The van der Waals surface area contributed by atoms with Crippen LogP contribution in [-0.2, 0) is 0 Å². The number of hydrogen-bond acceptors (Lipinski definition) is 5. The zero-order valence-corrected chi connectivity index (χ0v) is 19.3. The molecule has 0 bridgehead atoms. The van der Waals surface area contributed by atoms with Gasteiger partial charge in [0.2, 0.25) is 0 Å². The molecule has 1 saturated carbocycles. The van der Waals surface area contributed by atoms with Crippen molar-refractivity contribution in [3.63, 3.8) is 0 Å². The van der Waals surface area contributed by atoms with E-state index in [0.717, 1.165) is 0 Å². The Hall–Kier alpha value is -4.09. The van der Waals surface area contributed by atoms with Gasteiger partial charge in [-0.05, 0) is 66.1 Å². The number of aromatic nitrogens is 4. The van der Waals surface area contributed by atoms with Crippen molar-refractivity contribution in [2.75, 3.05) is 26.2 Å². The van der Waals surface area contributed by atoms with E-state index in [1.165, 1.54) is 18.2 Å². The molecule has 194 valence electrons. The van der Waals surface area contributed by atoms with Gasteiger partial charge in [0, 0.05) is 45.5 Å². The van der Waals surface area contributed by atoms with E-state index in [1.807, 2.05) is 9.80 Å². The van der Waals surface area contributed by atoms with Gasteiger partial charge in [-0.25, -0.2) is 0 Å².